The lowest BCUT2D eigenvalue weighted by Gasteiger charge is -2.13. The number of carbonyl (C=O) groups excluding carboxylic acids is 1. The molecule has 2 aromatic carbocycles. The van der Waals surface area contributed by atoms with E-state index in [1.807, 2.05) is 0 Å². The third-order valence-corrected chi connectivity index (χ3v) is 3.94. The zero-order valence-corrected chi connectivity index (χ0v) is 16.3. The fourth-order valence-electron chi connectivity index (χ4n) is 2.55. The van der Waals surface area contributed by atoms with Crippen LogP contribution in [0.5, 0.6) is 5.75 Å². The van der Waals surface area contributed by atoms with Gasteiger partial charge in [-0.25, -0.2) is 0 Å². The standard InChI is InChI=1S/C20H20F3N5O2/c1-13(2)12-30-15-9-7-14(8-10-15)19-25-27-28(26-19)11-18(29)24-17-6-4-3-5-16(17)20(21,22)23/h3-10,13H,11-12H2,1-2H3,(H,24,29). The minimum atomic E-state index is -4.58. The molecule has 0 spiro atoms. The molecule has 0 bridgehead atoms. The first-order valence-corrected chi connectivity index (χ1v) is 9.19. The number of aromatic nitrogens is 4. The van der Waals surface area contributed by atoms with Gasteiger partial charge in [0.25, 0.3) is 0 Å². The summed E-state index contributed by atoms with van der Waals surface area (Å²) in [6.07, 6.45) is -4.58. The monoisotopic (exact) mass is 419 g/mol. The highest BCUT2D eigenvalue weighted by molar-refractivity contribution is 5.91. The van der Waals surface area contributed by atoms with Crippen LogP contribution in [0.4, 0.5) is 18.9 Å². The minimum absolute atomic E-state index is 0.286. The van der Waals surface area contributed by atoms with Crippen LogP contribution in [0.3, 0.4) is 0 Å². The summed E-state index contributed by atoms with van der Waals surface area (Å²) in [4.78, 5) is 13.2. The van der Waals surface area contributed by atoms with E-state index >= 15 is 0 Å². The van der Waals surface area contributed by atoms with E-state index in [2.05, 4.69) is 34.6 Å². The van der Waals surface area contributed by atoms with E-state index in [0.29, 0.717) is 23.8 Å². The first-order chi connectivity index (χ1) is 14.2. The summed E-state index contributed by atoms with van der Waals surface area (Å²) in [5.41, 5.74) is -0.585. The van der Waals surface area contributed by atoms with Gasteiger partial charge >= 0.3 is 6.18 Å². The van der Waals surface area contributed by atoms with E-state index < -0.39 is 17.6 Å². The van der Waals surface area contributed by atoms with Crippen molar-refractivity contribution in [3.63, 3.8) is 0 Å². The highest BCUT2D eigenvalue weighted by Gasteiger charge is 2.33. The molecule has 0 atom stereocenters. The Kier molecular flexibility index (Phi) is 6.34. The average molecular weight is 419 g/mol. The maximum absolute atomic E-state index is 13.0. The van der Waals surface area contributed by atoms with Crippen LogP contribution in [0, 0.1) is 5.92 Å². The molecule has 7 nitrogen and oxygen atoms in total. The van der Waals surface area contributed by atoms with Gasteiger partial charge in [0.2, 0.25) is 11.7 Å². The third-order valence-electron chi connectivity index (χ3n) is 3.94. The number of carbonyl (C=O) groups is 1. The van der Waals surface area contributed by atoms with Gasteiger partial charge in [-0.2, -0.15) is 18.0 Å². The molecular formula is C20H20F3N5O2. The number of tetrazole rings is 1. The molecule has 0 aliphatic carbocycles. The zero-order valence-electron chi connectivity index (χ0n) is 16.3. The van der Waals surface area contributed by atoms with Gasteiger partial charge in [-0.15, -0.1) is 10.2 Å². The molecule has 3 rings (SSSR count). The Morgan fingerprint density at radius 2 is 1.83 bits per heavy atom. The SMILES string of the molecule is CC(C)COc1ccc(-c2nnn(CC(=O)Nc3ccccc3C(F)(F)F)n2)cc1. The van der Waals surface area contributed by atoms with Crippen LogP contribution in [-0.2, 0) is 17.5 Å². The van der Waals surface area contributed by atoms with Crippen molar-refractivity contribution in [1.82, 2.24) is 20.2 Å². The quantitative estimate of drug-likeness (QED) is 0.625. The van der Waals surface area contributed by atoms with Crippen LogP contribution in [0.25, 0.3) is 11.4 Å². The number of benzene rings is 2. The molecule has 0 aliphatic heterocycles. The summed E-state index contributed by atoms with van der Waals surface area (Å²) in [5.74, 6) is 0.699. The largest absolute Gasteiger partial charge is 0.493 e. The number of anilines is 1. The van der Waals surface area contributed by atoms with E-state index in [-0.39, 0.29) is 18.1 Å². The fourth-order valence-corrected chi connectivity index (χ4v) is 2.55. The molecule has 1 amide bonds. The molecule has 1 N–H and O–H groups in total. The molecule has 0 aliphatic rings. The fraction of sp³-hybridized carbons (Fsp3) is 0.300. The number of rotatable bonds is 7. The van der Waals surface area contributed by atoms with E-state index in [4.69, 9.17) is 4.74 Å². The van der Waals surface area contributed by atoms with Crippen LogP contribution in [-0.4, -0.2) is 32.7 Å². The maximum Gasteiger partial charge on any atom is 0.418 e. The van der Waals surface area contributed by atoms with Gasteiger partial charge in [-0.05, 0) is 47.5 Å². The number of para-hydroxylation sites is 1. The number of halogens is 3. The highest BCUT2D eigenvalue weighted by Crippen LogP contribution is 2.34. The lowest BCUT2D eigenvalue weighted by atomic mass is 10.1. The molecule has 10 heteroatoms. The number of nitrogens with zero attached hydrogens (tertiary/aromatic N) is 4. The second kappa shape index (κ2) is 8.93. The van der Waals surface area contributed by atoms with E-state index in [1.54, 1.807) is 24.3 Å². The van der Waals surface area contributed by atoms with Gasteiger partial charge in [0, 0.05) is 5.56 Å². The van der Waals surface area contributed by atoms with Gasteiger partial charge in [-0.1, -0.05) is 26.0 Å². The average Bonchev–Trinajstić information content (AvgIpc) is 3.14. The topological polar surface area (TPSA) is 81.9 Å². The number of nitrogens with one attached hydrogen (secondary N) is 1. The number of alkyl halides is 3. The molecule has 0 unspecified atom stereocenters. The van der Waals surface area contributed by atoms with Crippen molar-refractivity contribution in [1.29, 1.82) is 0 Å². The molecule has 30 heavy (non-hydrogen) atoms. The van der Waals surface area contributed by atoms with Crippen molar-refractivity contribution >= 4 is 11.6 Å². The Labute approximate surface area is 170 Å². The molecule has 1 aromatic heterocycles. The summed E-state index contributed by atoms with van der Waals surface area (Å²) in [5, 5.41) is 14.0. The van der Waals surface area contributed by atoms with E-state index in [0.717, 1.165) is 10.9 Å². The van der Waals surface area contributed by atoms with E-state index in [9.17, 15) is 18.0 Å². The smallest absolute Gasteiger partial charge is 0.418 e. The van der Waals surface area contributed by atoms with Crippen molar-refractivity contribution in [3.8, 4) is 17.1 Å². The number of amides is 1. The normalized spacial score (nSPS) is 11.5. The van der Waals surface area contributed by atoms with Crippen LogP contribution in [0.1, 0.15) is 19.4 Å². The Morgan fingerprint density at radius 3 is 2.50 bits per heavy atom. The summed E-state index contributed by atoms with van der Waals surface area (Å²) in [7, 11) is 0. The molecule has 3 aromatic rings. The summed E-state index contributed by atoms with van der Waals surface area (Å²) < 4.78 is 44.7. The zero-order chi connectivity index (χ0) is 21.7. The summed E-state index contributed by atoms with van der Waals surface area (Å²) >= 11 is 0. The lowest BCUT2D eigenvalue weighted by molar-refractivity contribution is -0.137. The molecule has 0 radical (unpaired) electrons. The predicted molar refractivity (Wildman–Crippen MR) is 104 cm³/mol. The summed E-state index contributed by atoms with van der Waals surface area (Å²) in [6.45, 7) is 4.32. The molecule has 0 fully saturated rings. The maximum atomic E-state index is 13.0. The van der Waals surface area contributed by atoms with Crippen molar-refractivity contribution < 1.29 is 22.7 Å². The van der Waals surface area contributed by atoms with Crippen molar-refractivity contribution in [2.24, 2.45) is 5.92 Å². The number of ether oxygens (including phenoxy) is 1. The molecule has 1 heterocycles. The first kappa shape index (κ1) is 21.3. The van der Waals surface area contributed by atoms with Crippen LogP contribution >= 0.6 is 0 Å². The number of hydrogen-bond acceptors (Lipinski definition) is 5. The van der Waals surface area contributed by atoms with Crippen LogP contribution < -0.4 is 10.1 Å². The third kappa shape index (κ3) is 5.56. The van der Waals surface area contributed by atoms with Gasteiger partial charge < -0.3 is 10.1 Å². The van der Waals surface area contributed by atoms with E-state index in [1.165, 1.54) is 18.2 Å². The van der Waals surface area contributed by atoms with Crippen LogP contribution in [0.15, 0.2) is 48.5 Å². The second-order valence-electron chi connectivity index (χ2n) is 6.96. The Balaban J connectivity index is 1.64. The second-order valence-corrected chi connectivity index (χ2v) is 6.96. The van der Waals surface area contributed by atoms with Gasteiger partial charge in [0.15, 0.2) is 0 Å². The minimum Gasteiger partial charge on any atom is -0.493 e. The molecule has 158 valence electrons. The molecule has 0 saturated carbocycles. The predicted octanol–water partition coefficient (Wildman–Crippen LogP) is 4.03. The Bertz CT molecular complexity index is 1000. The molecule has 0 saturated heterocycles. The van der Waals surface area contributed by atoms with Gasteiger partial charge in [0.05, 0.1) is 17.9 Å². The first-order valence-electron chi connectivity index (χ1n) is 9.19. The van der Waals surface area contributed by atoms with Gasteiger partial charge in [0.1, 0.15) is 12.3 Å². The van der Waals surface area contributed by atoms with Gasteiger partial charge in [-0.3, -0.25) is 4.79 Å². The lowest BCUT2D eigenvalue weighted by Crippen LogP contribution is -2.22. The van der Waals surface area contributed by atoms with Crippen molar-refractivity contribution in [3.05, 3.63) is 54.1 Å². The Hall–Kier alpha value is -3.43. The van der Waals surface area contributed by atoms with Crippen molar-refractivity contribution in [2.75, 3.05) is 11.9 Å². The Morgan fingerprint density at radius 1 is 1.13 bits per heavy atom. The number of hydrogen-bond donors (Lipinski definition) is 1. The summed E-state index contributed by atoms with van der Waals surface area (Å²) in [6, 6.07) is 11.8. The molecular weight excluding hydrogens is 399 g/mol. The van der Waals surface area contributed by atoms with Crippen molar-refractivity contribution in [2.45, 2.75) is 26.6 Å². The van der Waals surface area contributed by atoms with Crippen LogP contribution in [0.2, 0.25) is 0 Å². The highest BCUT2D eigenvalue weighted by atomic mass is 19.4.